The molecule has 0 aromatic carbocycles. The molecule has 34 heavy (non-hydrogen) atoms. The van der Waals surface area contributed by atoms with Gasteiger partial charge >= 0.3 is 0 Å². The molecule has 6 nitrogen and oxygen atoms in total. The van der Waals surface area contributed by atoms with Crippen LogP contribution in [0.2, 0.25) is 0 Å². The molecule has 6 heteroatoms. The Kier molecular flexibility index (Phi) is 6.50. The molecule has 0 amide bonds. The van der Waals surface area contributed by atoms with Gasteiger partial charge in [0.2, 0.25) is 11.6 Å². The van der Waals surface area contributed by atoms with Gasteiger partial charge in [-0.25, -0.2) is 0 Å². The first kappa shape index (κ1) is 26.0. The van der Waals surface area contributed by atoms with Crippen LogP contribution < -0.4 is 0 Å². The topological polar surface area (TPSA) is 104 Å². The highest BCUT2D eigenvalue weighted by molar-refractivity contribution is 5.96. The quantitative estimate of drug-likeness (QED) is 0.533. The summed E-state index contributed by atoms with van der Waals surface area (Å²) in [5.41, 5.74) is -3.03. The van der Waals surface area contributed by atoms with Crippen molar-refractivity contribution in [3.8, 4) is 0 Å². The third-order valence-electron chi connectivity index (χ3n) is 10.7. The zero-order valence-electron chi connectivity index (χ0n) is 21.7. The van der Waals surface area contributed by atoms with Gasteiger partial charge in [0.25, 0.3) is 0 Å². The van der Waals surface area contributed by atoms with E-state index < -0.39 is 40.2 Å². The van der Waals surface area contributed by atoms with Gasteiger partial charge in [0.1, 0.15) is 11.4 Å². The van der Waals surface area contributed by atoms with Crippen LogP contribution in [0.25, 0.3) is 0 Å². The normalized spacial score (nSPS) is 48.9. The molecule has 192 valence electrons. The third-order valence-corrected chi connectivity index (χ3v) is 10.7. The van der Waals surface area contributed by atoms with Gasteiger partial charge in [-0.1, -0.05) is 34.6 Å². The Labute approximate surface area is 204 Å². The summed E-state index contributed by atoms with van der Waals surface area (Å²) >= 11 is 0. The maximum Gasteiger partial charge on any atom is 0.248 e. The van der Waals surface area contributed by atoms with Crippen LogP contribution in [0.3, 0.4) is 0 Å². The number of carbonyl (C=O) groups excluding carboxylic acids is 2. The fourth-order valence-corrected chi connectivity index (χ4v) is 7.73. The molecule has 2 aliphatic heterocycles. The monoisotopic (exact) mass is 476 g/mol. The van der Waals surface area contributed by atoms with Crippen molar-refractivity contribution in [1.29, 1.82) is 0 Å². The van der Waals surface area contributed by atoms with Crippen molar-refractivity contribution in [2.75, 3.05) is 0 Å². The molecule has 4 rings (SSSR count). The molecular formula is C28H44O6. The average molecular weight is 477 g/mol. The first-order valence-corrected chi connectivity index (χ1v) is 13.3. The van der Waals surface area contributed by atoms with E-state index in [0.29, 0.717) is 25.2 Å². The highest BCUT2D eigenvalue weighted by Crippen LogP contribution is 2.58. The zero-order chi connectivity index (χ0) is 25.3. The first-order chi connectivity index (χ1) is 15.7. The van der Waals surface area contributed by atoms with E-state index in [4.69, 9.17) is 4.74 Å². The highest BCUT2D eigenvalue weighted by Gasteiger charge is 2.66. The van der Waals surface area contributed by atoms with E-state index in [2.05, 4.69) is 27.7 Å². The molecule has 2 aliphatic carbocycles. The molecule has 10 atom stereocenters. The molecule has 3 fully saturated rings. The summed E-state index contributed by atoms with van der Waals surface area (Å²) in [6.45, 7) is 12.2. The molecule has 10 unspecified atom stereocenters. The predicted molar refractivity (Wildman–Crippen MR) is 129 cm³/mol. The van der Waals surface area contributed by atoms with Gasteiger partial charge in [0, 0.05) is 18.3 Å². The summed E-state index contributed by atoms with van der Waals surface area (Å²) in [6.07, 6.45) is 5.34. The zero-order valence-corrected chi connectivity index (χ0v) is 21.7. The van der Waals surface area contributed by atoms with Crippen molar-refractivity contribution in [1.82, 2.24) is 0 Å². The second-order valence-electron chi connectivity index (χ2n) is 12.7. The Hall–Kier alpha value is -1.08. The first-order valence-electron chi connectivity index (χ1n) is 13.3. The van der Waals surface area contributed by atoms with Crippen molar-refractivity contribution in [2.24, 2.45) is 40.4 Å². The second-order valence-corrected chi connectivity index (χ2v) is 12.7. The number of aliphatic hydroxyl groups is 3. The lowest BCUT2D eigenvalue weighted by Crippen LogP contribution is -2.58. The second kappa shape index (κ2) is 8.50. The highest BCUT2D eigenvalue weighted by atomic mass is 16.6. The van der Waals surface area contributed by atoms with Crippen molar-refractivity contribution < 1.29 is 29.6 Å². The number of ketones is 2. The predicted octanol–water partition coefficient (Wildman–Crippen LogP) is 3.80. The lowest BCUT2D eigenvalue weighted by molar-refractivity contribution is -0.246. The van der Waals surface area contributed by atoms with Crippen LogP contribution >= 0.6 is 0 Å². The Morgan fingerprint density at radius 1 is 1.06 bits per heavy atom. The summed E-state index contributed by atoms with van der Waals surface area (Å²) < 4.78 is 6.22. The van der Waals surface area contributed by atoms with Gasteiger partial charge in [-0.15, -0.1) is 0 Å². The fourth-order valence-electron chi connectivity index (χ4n) is 7.73. The minimum absolute atomic E-state index is 0.0323. The van der Waals surface area contributed by atoms with Crippen molar-refractivity contribution in [2.45, 2.75) is 110 Å². The van der Waals surface area contributed by atoms with Gasteiger partial charge < -0.3 is 20.1 Å². The van der Waals surface area contributed by atoms with E-state index in [1.807, 2.05) is 13.8 Å². The minimum atomic E-state index is -2.11. The maximum absolute atomic E-state index is 14.1. The molecule has 2 saturated carbocycles. The van der Waals surface area contributed by atoms with Crippen LogP contribution in [0.4, 0.5) is 0 Å². The van der Waals surface area contributed by atoms with Crippen LogP contribution in [0.1, 0.15) is 86.5 Å². The molecule has 0 aromatic heterocycles. The van der Waals surface area contributed by atoms with Gasteiger partial charge in [-0.3, -0.25) is 9.59 Å². The number of ether oxygens (including phenoxy) is 1. The van der Waals surface area contributed by atoms with Crippen molar-refractivity contribution >= 4 is 11.6 Å². The molecular weight excluding hydrogens is 432 g/mol. The molecule has 1 spiro atoms. The Morgan fingerprint density at radius 3 is 2.38 bits per heavy atom. The largest absolute Gasteiger partial charge is 0.393 e. The smallest absolute Gasteiger partial charge is 0.248 e. The van der Waals surface area contributed by atoms with Crippen LogP contribution in [0, 0.1) is 40.4 Å². The Bertz CT molecular complexity index is 867. The summed E-state index contributed by atoms with van der Waals surface area (Å²) in [7, 11) is 0. The SMILES string of the molecule is CC(C)C(C)C(O)C1CCC(C2(C)CCC(=O)C3(C)CCC(O)CC34C=CC(O)(O4)C2=O)C1C. The Balaban J connectivity index is 1.69. The maximum atomic E-state index is 14.1. The van der Waals surface area contributed by atoms with Gasteiger partial charge in [0.15, 0.2) is 0 Å². The number of hydrogen-bond donors (Lipinski definition) is 3. The Morgan fingerprint density at radius 2 is 1.74 bits per heavy atom. The number of aliphatic hydroxyl groups excluding tert-OH is 2. The standard InChI is InChI=1S/C28H44O6/c1-16(2)17(3)23(31)20-7-8-21(18(20)4)25(5)11-10-22(30)26(6)12-9-19(29)15-27(26)13-14-28(33,34-27)24(25)32/h13-14,16-21,23,29,31,33H,7-12,15H2,1-6H3. The molecule has 2 heterocycles. The molecule has 1 saturated heterocycles. The van der Waals surface area contributed by atoms with Crippen LogP contribution in [-0.4, -0.2) is 50.5 Å². The van der Waals surface area contributed by atoms with Crippen LogP contribution in [0.5, 0.6) is 0 Å². The molecule has 2 bridgehead atoms. The number of rotatable bonds is 4. The number of carbonyl (C=O) groups is 2. The lowest BCUT2D eigenvalue weighted by Gasteiger charge is -2.49. The van der Waals surface area contributed by atoms with Crippen molar-refractivity contribution in [3.63, 3.8) is 0 Å². The number of fused-ring (bicyclic) bond motifs is 1. The minimum Gasteiger partial charge on any atom is -0.393 e. The van der Waals surface area contributed by atoms with E-state index in [0.717, 1.165) is 12.8 Å². The van der Waals surface area contributed by atoms with Gasteiger partial charge in [-0.2, -0.15) is 0 Å². The molecule has 4 aliphatic rings. The van der Waals surface area contributed by atoms with Gasteiger partial charge in [-0.05, 0) is 80.8 Å². The number of Topliss-reactive ketones (excluding diaryl/α,β-unsaturated/α-hetero) is 2. The lowest BCUT2D eigenvalue weighted by atomic mass is 9.59. The van der Waals surface area contributed by atoms with E-state index in [-0.39, 0.29) is 42.3 Å². The van der Waals surface area contributed by atoms with Crippen LogP contribution in [-0.2, 0) is 14.3 Å². The molecule has 0 radical (unpaired) electrons. The third kappa shape index (κ3) is 3.66. The summed E-state index contributed by atoms with van der Waals surface area (Å²) in [5.74, 6) is -1.89. The van der Waals surface area contributed by atoms with Gasteiger partial charge in [0.05, 0.1) is 17.6 Å². The van der Waals surface area contributed by atoms with Crippen molar-refractivity contribution in [3.05, 3.63) is 12.2 Å². The number of hydrogen-bond acceptors (Lipinski definition) is 6. The summed E-state index contributed by atoms with van der Waals surface area (Å²) in [6, 6.07) is 0. The van der Waals surface area contributed by atoms with E-state index in [9.17, 15) is 24.9 Å². The fraction of sp³-hybridized carbons (Fsp3) is 0.857. The molecule has 3 N–H and O–H groups in total. The summed E-state index contributed by atoms with van der Waals surface area (Å²) in [4.78, 5) is 27.8. The van der Waals surface area contributed by atoms with E-state index >= 15 is 0 Å². The van der Waals surface area contributed by atoms with Crippen LogP contribution in [0.15, 0.2) is 12.2 Å². The van der Waals surface area contributed by atoms with E-state index in [1.54, 1.807) is 6.08 Å². The van der Waals surface area contributed by atoms with E-state index in [1.165, 1.54) is 6.08 Å². The average Bonchev–Trinajstić information content (AvgIpc) is 3.34. The summed E-state index contributed by atoms with van der Waals surface area (Å²) in [5, 5.41) is 33.1. The molecule has 0 aromatic rings.